The van der Waals surface area contributed by atoms with Gasteiger partial charge in [0.25, 0.3) is 0 Å². The van der Waals surface area contributed by atoms with Crippen LogP contribution in [0.15, 0.2) is 18.2 Å². The fourth-order valence-electron chi connectivity index (χ4n) is 2.98. The molecule has 1 N–H and O–H groups in total. The summed E-state index contributed by atoms with van der Waals surface area (Å²) >= 11 is 12.1. The molecule has 0 spiro atoms. The maximum Gasteiger partial charge on any atom is 0.0595 e. The van der Waals surface area contributed by atoms with Crippen molar-refractivity contribution in [3.8, 4) is 0 Å². The van der Waals surface area contributed by atoms with Gasteiger partial charge < -0.3 is 5.32 Å². The lowest BCUT2D eigenvalue weighted by Gasteiger charge is -2.41. The minimum atomic E-state index is 0.303. The Morgan fingerprint density at radius 1 is 1.21 bits per heavy atom. The molecule has 1 fully saturated rings. The average molecular weight is 300 g/mol. The predicted molar refractivity (Wildman–Crippen MR) is 84.0 cm³/mol. The molecule has 0 bridgehead atoms. The van der Waals surface area contributed by atoms with Gasteiger partial charge in [0.2, 0.25) is 0 Å². The number of rotatable bonds is 3. The lowest BCUT2D eigenvalue weighted by Crippen LogP contribution is -2.45. The van der Waals surface area contributed by atoms with Crippen LogP contribution in [0.1, 0.15) is 58.1 Å². The molecule has 1 aliphatic carbocycles. The molecule has 0 aliphatic heterocycles. The fourth-order valence-corrected chi connectivity index (χ4v) is 3.29. The number of benzene rings is 1. The van der Waals surface area contributed by atoms with E-state index in [0.29, 0.717) is 27.5 Å². The molecule has 1 nitrogen and oxygen atoms in total. The minimum Gasteiger partial charge on any atom is -0.307 e. The monoisotopic (exact) mass is 299 g/mol. The first-order valence-corrected chi connectivity index (χ1v) is 7.87. The second kappa shape index (κ2) is 6.03. The molecule has 0 saturated heterocycles. The molecule has 19 heavy (non-hydrogen) atoms. The van der Waals surface area contributed by atoms with E-state index in [2.05, 4.69) is 32.2 Å². The molecule has 1 aromatic carbocycles. The van der Waals surface area contributed by atoms with Gasteiger partial charge in [0.15, 0.2) is 0 Å². The van der Waals surface area contributed by atoms with Crippen LogP contribution >= 0.6 is 23.2 Å². The van der Waals surface area contributed by atoms with E-state index in [9.17, 15) is 0 Å². The third-order valence-electron chi connectivity index (χ3n) is 4.40. The van der Waals surface area contributed by atoms with Crippen molar-refractivity contribution in [1.82, 2.24) is 5.32 Å². The minimum absolute atomic E-state index is 0.303. The van der Waals surface area contributed by atoms with Gasteiger partial charge in [0.05, 0.1) is 10.0 Å². The Bertz CT molecular complexity index is 442. The molecule has 0 radical (unpaired) electrons. The zero-order valence-electron chi connectivity index (χ0n) is 12.0. The highest BCUT2D eigenvalue weighted by molar-refractivity contribution is 6.42. The Morgan fingerprint density at radius 3 is 2.58 bits per heavy atom. The molecule has 0 aromatic heterocycles. The van der Waals surface area contributed by atoms with Crippen molar-refractivity contribution in [2.45, 2.75) is 58.5 Å². The molecular formula is C16H23Cl2N. The van der Waals surface area contributed by atoms with Crippen molar-refractivity contribution in [3.63, 3.8) is 0 Å². The SMILES string of the molecule is CC(NC1CCCCC1(C)C)c1ccc(Cl)c(Cl)c1. The van der Waals surface area contributed by atoms with Crippen LogP contribution in [0.25, 0.3) is 0 Å². The number of hydrogen-bond donors (Lipinski definition) is 1. The van der Waals surface area contributed by atoms with E-state index in [4.69, 9.17) is 23.2 Å². The summed E-state index contributed by atoms with van der Waals surface area (Å²) in [6.45, 7) is 6.93. The van der Waals surface area contributed by atoms with Crippen molar-refractivity contribution in [2.24, 2.45) is 5.41 Å². The Kier molecular flexibility index (Phi) is 4.81. The van der Waals surface area contributed by atoms with Gasteiger partial charge in [-0.2, -0.15) is 0 Å². The van der Waals surface area contributed by atoms with Gasteiger partial charge >= 0.3 is 0 Å². The number of halogens is 2. The summed E-state index contributed by atoms with van der Waals surface area (Å²) in [6, 6.07) is 6.78. The van der Waals surface area contributed by atoms with Crippen LogP contribution in [0.4, 0.5) is 0 Å². The van der Waals surface area contributed by atoms with Crippen LogP contribution in [0.5, 0.6) is 0 Å². The third-order valence-corrected chi connectivity index (χ3v) is 5.14. The standard InChI is InChI=1S/C16H23Cl2N/c1-11(12-7-8-13(17)14(18)10-12)19-15-6-4-5-9-16(15,2)3/h7-8,10-11,15,19H,4-6,9H2,1-3H3. The topological polar surface area (TPSA) is 12.0 Å². The highest BCUT2D eigenvalue weighted by Gasteiger charge is 2.32. The van der Waals surface area contributed by atoms with Crippen molar-refractivity contribution < 1.29 is 0 Å². The van der Waals surface area contributed by atoms with Crippen LogP contribution in [-0.2, 0) is 0 Å². The van der Waals surface area contributed by atoms with E-state index in [0.717, 1.165) is 0 Å². The summed E-state index contributed by atoms with van der Waals surface area (Å²) in [5.41, 5.74) is 1.58. The zero-order valence-corrected chi connectivity index (χ0v) is 13.5. The molecule has 1 aromatic rings. The van der Waals surface area contributed by atoms with Gasteiger partial charge in [0, 0.05) is 12.1 Å². The average Bonchev–Trinajstić information content (AvgIpc) is 2.35. The van der Waals surface area contributed by atoms with E-state index >= 15 is 0 Å². The maximum absolute atomic E-state index is 6.10. The van der Waals surface area contributed by atoms with Crippen LogP contribution < -0.4 is 5.32 Å². The van der Waals surface area contributed by atoms with Crippen molar-refractivity contribution in [3.05, 3.63) is 33.8 Å². The van der Waals surface area contributed by atoms with Gasteiger partial charge in [0.1, 0.15) is 0 Å². The molecule has 2 atom stereocenters. The van der Waals surface area contributed by atoms with Crippen LogP contribution in [0, 0.1) is 5.41 Å². The van der Waals surface area contributed by atoms with E-state index in [1.54, 1.807) is 0 Å². The summed E-state index contributed by atoms with van der Waals surface area (Å²) in [5.74, 6) is 0. The van der Waals surface area contributed by atoms with E-state index in [1.807, 2.05) is 12.1 Å². The largest absolute Gasteiger partial charge is 0.307 e. The molecule has 106 valence electrons. The molecule has 0 heterocycles. The Labute approximate surface area is 126 Å². The summed E-state index contributed by atoms with van der Waals surface area (Å²) in [7, 11) is 0. The highest BCUT2D eigenvalue weighted by Crippen LogP contribution is 2.37. The van der Waals surface area contributed by atoms with Gasteiger partial charge in [-0.1, -0.05) is 56.0 Å². The maximum atomic E-state index is 6.10. The summed E-state index contributed by atoms with van der Waals surface area (Å²) < 4.78 is 0. The zero-order chi connectivity index (χ0) is 14.0. The Morgan fingerprint density at radius 2 is 1.95 bits per heavy atom. The predicted octanol–water partition coefficient (Wildman–Crippen LogP) is 5.61. The van der Waals surface area contributed by atoms with Gasteiger partial charge in [-0.3, -0.25) is 0 Å². The molecule has 2 unspecified atom stereocenters. The summed E-state index contributed by atoms with van der Waals surface area (Å²) in [5, 5.41) is 5.03. The van der Waals surface area contributed by atoms with Crippen LogP contribution in [0.2, 0.25) is 10.0 Å². The third kappa shape index (κ3) is 3.65. The van der Waals surface area contributed by atoms with Crippen molar-refractivity contribution in [2.75, 3.05) is 0 Å². The smallest absolute Gasteiger partial charge is 0.0595 e. The molecule has 0 amide bonds. The number of nitrogens with one attached hydrogen (secondary N) is 1. The first-order chi connectivity index (χ1) is 8.90. The summed E-state index contributed by atoms with van der Waals surface area (Å²) in [6.07, 6.45) is 5.25. The first kappa shape index (κ1) is 15.2. The van der Waals surface area contributed by atoms with Gasteiger partial charge in [-0.05, 0) is 42.9 Å². The normalized spacial score (nSPS) is 24.2. The quantitative estimate of drug-likeness (QED) is 0.764. The lowest BCUT2D eigenvalue weighted by atomic mass is 9.73. The molecule has 3 heteroatoms. The second-order valence-corrected chi connectivity index (χ2v) is 7.16. The van der Waals surface area contributed by atoms with E-state index in [1.165, 1.54) is 31.2 Å². The van der Waals surface area contributed by atoms with Gasteiger partial charge in [-0.25, -0.2) is 0 Å². The van der Waals surface area contributed by atoms with Crippen LogP contribution in [-0.4, -0.2) is 6.04 Å². The molecule has 1 saturated carbocycles. The van der Waals surface area contributed by atoms with E-state index < -0.39 is 0 Å². The lowest BCUT2D eigenvalue weighted by molar-refractivity contribution is 0.157. The molecule has 1 aliphatic rings. The van der Waals surface area contributed by atoms with E-state index in [-0.39, 0.29) is 0 Å². The molecule has 2 rings (SSSR count). The first-order valence-electron chi connectivity index (χ1n) is 7.11. The fraction of sp³-hybridized carbons (Fsp3) is 0.625. The van der Waals surface area contributed by atoms with Crippen molar-refractivity contribution >= 4 is 23.2 Å². The molecular weight excluding hydrogens is 277 g/mol. The van der Waals surface area contributed by atoms with Crippen LogP contribution in [0.3, 0.4) is 0 Å². The second-order valence-electron chi connectivity index (χ2n) is 6.35. The Hall–Kier alpha value is -0.240. The Balaban J connectivity index is 2.07. The summed E-state index contributed by atoms with van der Waals surface area (Å²) in [4.78, 5) is 0. The van der Waals surface area contributed by atoms with Crippen molar-refractivity contribution in [1.29, 1.82) is 0 Å². The van der Waals surface area contributed by atoms with Gasteiger partial charge in [-0.15, -0.1) is 0 Å². The number of hydrogen-bond acceptors (Lipinski definition) is 1. The highest BCUT2D eigenvalue weighted by atomic mass is 35.5.